The van der Waals surface area contributed by atoms with Crippen molar-refractivity contribution in [1.82, 2.24) is 9.88 Å². The molecular formula is C10H9N3O4. The lowest BCUT2D eigenvalue weighted by Crippen LogP contribution is -2.32. The molecule has 0 fully saturated rings. The molecule has 7 nitrogen and oxygen atoms in total. The van der Waals surface area contributed by atoms with Gasteiger partial charge < -0.3 is 5.32 Å². The molecule has 0 spiro atoms. The average molecular weight is 235 g/mol. The highest BCUT2D eigenvalue weighted by molar-refractivity contribution is 5.76. The summed E-state index contributed by atoms with van der Waals surface area (Å²) in [6.45, 7) is -0.259. The van der Waals surface area contributed by atoms with Crippen LogP contribution in [0.1, 0.15) is 0 Å². The zero-order valence-corrected chi connectivity index (χ0v) is 8.75. The second-order valence-corrected chi connectivity index (χ2v) is 3.09. The maximum Gasteiger partial charge on any atom is 0.285 e. The van der Waals surface area contributed by atoms with Crippen LogP contribution < -0.4 is 10.9 Å². The van der Waals surface area contributed by atoms with Crippen molar-refractivity contribution >= 4 is 11.6 Å². The second kappa shape index (κ2) is 5.46. The van der Waals surface area contributed by atoms with Crippen molar-refractivity contribution in [1.29, 1.82) is 0 Å². The predicted molar refractivity (Wildman–Crippen MR) is 59.2 cm³/mol. The van der Waals surface area contributed by atoms with E-state index in [1.807, 2.05) is 0 Å². The van der Waals surface area contributed by atoms with Crippen LogP contribution in [0.15, 0.2) is 23.1 Å². The molecule has 0 radical (unpaired) electrons. The largest absolute Gasteiger partial charge is 0.344 e. The molecule has 0 saturated heterocycles. The summed E-state index contributed by atoms with van der Waals surface area (Å²) in [7, 11) is 0. The molecule has 0 aliphatic carbocycles. The Morgan fingerprint density at radius 3 is 2.88 bits per heavy atom. The summed E-state index contributed by atoms with van der Waals surface area (Å²) >= 11 is 0. The maximum absolute atomic E-state index is 11.3. The Kier molecular flexibility index (Phi) is 4.00. The van der Waals surface area contributed by atoms with Gasteiger partial charge in [0.1, 0.15) is 6.54 Å². The van der Waals surface area contributed by atoms with Gasteiger partial charge in [-0.05, 0) is 0 Å². The van der Waals surface area contributed by atoms with Crippen LogP contribution in [-0.2, 0) is 11.3 Å². The van der Waals surface area contributed by atoms with Gasteiger partial charge in [0.2, 0.25) is 5.91 Å². The van der Waals surface area contributed by atoms with Crippen molar-refractivity contribution in [3.63, 3.8) is 0 Å². The number of nitrogens with zero attached hydrogens (tertiary/aromatic N) is 2. The van der Waals surface area contributed by atoms with Crippen molar-refractivity contribution < 1.29 is 9.72 Å². The van der Waals surface area contributed by atoms with Crippen LogP contribution in [0.25, 0.3) is 0 Å². The first kappa shape index (κ1) is 12.4. The van der Waals surface area contributed by atoms with Crippen molar-refractivity contribution in [3.8, 4) is 12.3 Å². The van der Waals surface area contributed by atoms with Gasteiger partial charge in [-0.2, -0.15) is 0 Å². The summed E-state index contributed by atoms with van der Waals surface area (Å²) in [4.78, 5) is 32.4. The van der Waals surface area contributed by atoms with Gasteiger partial charge in [0.25, 0.3) is 11.2 Å². The van der Waals surface area contributed by atoms with Crippen LogP contribution in [0, 0.1) is 22.5 Å². The van der Waals surface area contributed by atoms with E-state index < -0.39 is 16.4 Å². The van der Waals surface area contributed by atoms with E-state index in [1.54, 1.807) is 0 Å². The Morgan fingerprint density at radius 2 is 2.29 bits per heavy atom. The Bertz CT molecular complexity index is 541. The first-order valence-electron chi connectivity index (χ1n) is 4.59. The number of carbonyl (C=O) groups is 1. The SMILES string of the molecule is C#CCNC(=O)Cn1cc([N+](=O)[O-])ccc1=O. The molecule has 0 bridgehead atoms. The molecule has 0 atom stereocenters. The van der Waals surface area contributed by atoms with E-state index in [0.717, 1.165) is 22.9 Å². The van der Waals surface area contributed by atoms with Crippen molar-refractivity contribution in [2.45, 2.75) is 6.54 Å². The summed E-state index contributed by atoms with van der Waals surface area (Å²) in [6, 6.07) is 2.12. The fraction of sp³-hybridized carbons (Fsp3) is 0.200. The standard InChI is InChI=1S/C10H9N3O4/c1-2-5-11-9(14)7-12-6-8(13(16)17)3-4-10(12)15/h1,3-4,6H,5,7H2,(H,11,14). The van der Waals surface area contributed by atoms with Crippen molar-refractivity contribution in [2.75, 3.05) is 6.54 Å². The number of nitro groups is 1. The van der Waals surface area contributed by atoms with Gasteiger partial charge in [-0.3, -0.25) is 24.3 Å². The monoisotopic (exact) mass is 235 g/mol. The molecular weight excluding hydrogens is 226 g/mol. The third-order valence-corrected chi connectivity index (χ3v) is 1.88. The molecule has 0 unspecified atom stereocenters. The molecule has 7 heteroatoms. The lowest BCUT2D eigenvalue weighted by molar-refractivity contribution is -0.385. The third-order valence-electron chi connectivity index (χ3n) is 1.88. The lowest BCUT2D eigenvalue weighted by Gasteiger charge is -2.04. The van der Waals surface area contributed by atoms with Crippen LogP contribution in [0.4, 0.5) is 5.69 Å². The van der Waals surface area contributed by atoms with Crippen LogP contribution in [0.3, 0.4) is 0 Å². The minimum Gasteiger partial charge on any atom is -0.344 e. The number of amides is 1. The fourth-order valence-corrected chi connectivity index (χ4v) is 1.11. The van der Waals surface area contributed by atoms with Crippen LogP contribution >= 0.6 is 0 Å². The number of hydrogen-bond donors (Lipinski definition) is 1. The summed E-state index contributed by atoms with van der Waals surface area (Å²) < 4.78 is 0.948. The van der Waals surface area contributed by atoms with E-state index in [2.05, 4.69) is 11.2 Å². The number of nitrogens with one attached hydrogen (secondary N) is 1. The third kappa shape index (κ3) is 3.46. The Hall–Kier alpha value is -2.62. The molecule has 1 aromatic heterocycles. The van der Waals surface area contributed by atoms with Gasteiger partial charge in [-0.1, -0.05) is 5.92 Å². The van der Waals surface area contributed by atoms with Crippen LogP contribution in [0.2, 0.25) is 0 Å². The molecule has 0 saturated carbocycles. The topological polar surface area (TPSA) is 94.2 Å². The van der Waals surface area contributed by atoms with E-state index >= 15 is 0 Å². The van der Waals surface area contributed by atoms with E-state index in [4.69, 9.17) is 6.42 Å². The van der Waals surface area contributed by atoms with Gasteiger partial charge in [0, 0.05) is 12.1 Å². The van der Waals surface area contributed by atoms with Gasteiger partial charge in [0.05, 0.1) is 17.7 Å². The summed E-state index contributed by atoms with van der Waals surface area (Å²) in [5, 5.41) is 12.8. The molecule has 1 amide bonds. The smallest absolute Gasteiger partial charge is 0.285 e. The summed E-state index contributed by atoms with van der Waals surface area (Å²) in [5.74, 6) is 1.72. The number of hydrogen-bond acceptors (Lipinski definition) is 4. The fourth-order valence-electron chi connectivity index (χ4n) is 1.11. The zero-order valence-electron chi connectivity index (χ0n) is 8.75. The highest BCUT2D eigenvalue weighted by Gasteiger charge is 2.09. The van der Waals surface area contributed by atoms with E-state index in [0.29, 0.717) is 0 Å². The Morgan fingerprint density at radius 1 is 1.59 bits per heavy atom. The van der Waals surface area contributed by atoms with E-state index in [1.165, 1.54) is 0 Å². The molecule has 17 heavy (non-hydrogen) atoms. The van der Waals surface area contributed by atoms with E-state index in [-0.39, 0.29) is 18.8 Å². The molecule has 88 valence electrons. The Balaban J connectivity index is 2.87. The summed E-state index contributed by atoms with van der Waals surface area (Å²) in [5.41, 5.74) is -0.749. The normalized spacial score (nSPS) is 9.35. The second-order valence-electron chi connectivity index (χ2n) is 3.09. The number of aromatic nitrogens is 1. The summed E-state index contributed by atoms with van der Waals surface area (Å²) in [6.07, 6.45) is 5.95. The molecule has 1 N–H and O–H groups in total. The highest BCUT2D eigenvalue weighted by atomic mass is 16.6. The highest BCUT2D eigenvalue weighted by Crippen LogP contribution is 2.05. The molecule has 1 rings (SSSR count). The zero-order chi connectivity index (χ0) is 12.8. The first-order valence-corrected chi connectivity index (χ1v) is 4.59. The van der Waals surface area contributed by atoms with E-state index in [9.17, 15) is 19.7 Å². The lowest BCUT2D eigenvalue weighted by atomic mass is 10.4. The molecule has 1 aromatic rings. The van der Waals surface area contributed by atoms with Gasteiger partial charge >= 0.3 is 0 Å². The first-order chi connectivity index (χ1) is 8.04. The average Bonchev–Trinajstić information content (AvgIpc) is 2.29. The van der Waals surface area contributed by atoms with Crippen LogP contribution in [0.5, 0.6) is 0 Å². The van der Waals surface area contributed by atoms with Gasteiger partial charge in [-0.15, -0.1) is 6.42 Å². The van der Waals surface area contributed by atoms with Gasteiger partial charge in [-0.25, -0.2) is 0 Å². The Labute approximate surface area is 96.2 Å². The number of rotatable bonds is 4. The quantitative estimate of drug-likeness (QED) is 0.432. The van der Waals surface area contributed by atoms with Crippen LogP contribution in [-0.4, -0.2) is 21.9 Å². The number of carbonyl (C=O) groups excluding carboxylic acids is 1. The molecule has 0 aromatic carbocycles. The molecule has 0 aliphatic heterocycles. The number of pyridine rings is 1. The molecule has 1 heterocycles. The minimum absolute atomic E-state index is 0.0442. The van der Waals surface area contributed by atoms with Crippen molar-refractivity contribution in [3.05, 3.63) is 38.8 Å². The minimum atomic E-state index is -0.644. The van der Waals surface area contributed by atoms with Gasteiger partial charge in [0.15, 0.2) is 0 Å². The predicted octanol–water partition coefficient (Wildman–Crippen LogP) is -0.494. The van der Waals surface area contributed by atoms with Crippen molar-refractivity contribution in [2.24, 2.45) is 0 Å². The number of terminal acetylenes is 1. The maximum atomic E-state index is 11.3. The molecule has 0 aliphatic rings.